The maximum absolute atomic E-state index is 12.1. The number of benzene rings is 3. The summed E-state index contributed by atoms with van der Waals surface area (Å²) in [6, 6.07) is 20.0. The van der Waals surface area contributed by atoms with E-state index in [9.17, 15) is 8.42 Å². The van der Waals surface area contributed by atoms with Gasteiger partial charge < -0.3 is 0 Å². The Bertz CT molecular complexity index is 1660. The van der Waals surface area contributed by atoms with Crippen LogP contribution < -0.4 is 0 Å². The summed E-state index contributed by atoms with van der Waals surface area (Å²) in [6.07, 6.45) is 4.70. The molecule has 0 N–H and O–H groups in total. The van der Waals surface area contributed by atoms with E-state index >= 15 is 0 Å². The molecule has 0 fully saturated rings. The van der Waals surface area contributed by atoms with Crippen LogP contribution >= 0.6 is 23.2 Å². The van der Waals surface area contributed by atoms with Gasteiger partial charge in [-0.05, 0) is 66.0 Å². The number of sulfone groups is 1. The molecule has 0 aliphatic rings. The summed E-state index contributed by atoms with van der Waals surface area (Å²) in [7, 11) is -3.36. The third-order valence-electron chi connectivity index (χ3n) is 5.53. The van der Waals surface area contributed by atoms with Crippen molar-refractivity contribution in [3.63, 3.8) is 0 Å². The molecule has 7 nitrogen and oxygen atoms in total. The van der Waals surface area contributed by atoms with Crippen LogP contribution in [0.1, 0.15) is 5.69 Å². The predicted octanol–water partition coefficient (Wildman–Crippen LogP) is 5.81. The SMILES string of the molecule is Cc1cn(-c2ccc(-c3cccc(S(C)(=O)=O)c3)cc2-n2nncc2-c2ccc(Cl)cc2)c(Cl)n1. The summed E-state index contributed by atoms with van der Waals surface area (Å²) in [5.41, 5.74) is 5.37. The summed E-state index contributed by atoms with van der Waals surface area (Å²) in [4.78, 5) is 4.57. The highest BCUT2D eigenvalue weighted by molar-refractivity contribution is 7.90. The lowest BCUT2D eigenvalue weighted by Crippen LogP contribution is -2.06. The van der Waals surface area contributed by atoms with Crippen LogP contribution in [0.4, 0.5) is 0 Å². The quantitative estimate of drug-likeness (QED) is 0.290. The molecule has 176 valence electrons. The van der Waals surface area contributed by atoms with Crippen LogP contribution in [0.2, 0.25) is 10.3 Å². The minimum atomic E-state index is -3.36. The lowest BCUT2D eigenvalue weighted by molar-refractivity contribution is 0.602. The van der Waals surface area contributed by atoms with Crippen LogP contribution in [0.3, 0.4) is 0 Å². The molecule has 5 rings (SSSR count). The number of halogens is 2. The Labute approximate surface area is 212 Å². The van der Waals surface area contributed by atoms with Crippen molar-refractivity contribution in [3.05, 3.63) is 95.1 Å². The number of aromatic nitrogens is 5. The van der Waals surface area contributed by atoms with Crippen LogP contribution in [-0.2, 0) is 9.84 Å². The van der Waals surface area contributed by atoms with Gasteiger partial charge in [0, 0.05) is 23.0 Å². The van der Waals surface area contributed by atoms with Crippen LogP contribution in [0, 0.1) is 6.92 Å². The fourth-order valence-corrected chi connectivity index (χ4v) is 4.92. The Morgan fingerprint density at radius 2 is 1.57 bits per heavy atom. The molecule has 0 atom stereocenters. The zero-order chi connectivity index (χ0) is 24.7. The van der Waals surface area contributed by atoms with E-state index < -0.39 is 9.84 Å². The second kappa shape index (κ2) is 8.96. The third-order valence-corrected chi connectivity index (χ3v) is 7.16. The van der Waals surface area contributed by atoms with Crippen molar-refractivity contribution in [1.29, 1.82) is 0 Å². The molecule has 0 unspecified atom stereocenters. The van der Waals surface area contributed by atoms with E-state index in [0.717, 1.165) is 33.8 Å². The maximum atomic E-state index is 12.1. The molecule has 0 amide bonds. The number of aryl methyl sites for hydroxylation is 1. The van der Waals surface area contributed by atoms with Gasteiger partial charge in [-0.3, -0.25) is 4.57 Å². The van der Waals surface area contributed by atoms with Crippen molar-refractivity contribution in [2.75, 3.05) is 6.26 Å². The van der Waals surface area contributed by atoms with Crippen molar-refractivity contribution in [1.82, 2.24) is 24.5 Å². The molecule has 0 bridgehead atoms. The molecule has 2 heterocycles. The number of hydrogen-bond acceptors (Lipinski definition) is 5. The second-order valence-electron chi connectivity index (χ2n) is 8.06. The van der Waals surface area contributed by atoms with Gasteiger partial charge in [-0.25, -0.2) is 18.1 Å². The lowest BCUT2D eigenvalue weighted by atomic mass is 10.0. The van der Waals surface area contributed by atoms with Gasteiger partial charge in [0.05, 0.1) is 33.9 Å². The molecule has 0 saturated carbocycles. The minimum absolute atomic E-state index is 0.247. The van der Waals surface area contributed by atoms with Gasteiger partial charge in [0.15, 0.2) is 9.84 Å². The standard InChI is InChI=1S/C25H19Cl2N5O2S/c1-16-15-31(25(27)29-16)22-11-8-19(18-4-3-5-21(12-18)35(2,33)34)13-23(22)32-24(14-28-30-32)17-6-9-20(26)10-7-17/h3-15H,1-2H3. The van der Waals surface area contributed by atoms with Gasteiger partial charge in [0.1, 0.15) is 0 Å². The normalized spacial score (nSPS) is 11.7. The van der Waals surface area contributed by atoms with Crippen molar-refractivity contribution in [3.8, 4) is 33.8 Å². The van der Waals surface area contributed by atoms with E-state index in [2.05, 4.69) is 15.3 Å². The highest BCUT2D eigenvalue weighted by atomic mass is 35.5. The van der Waals surface area contributed by atoms with E-state index in [-0.39, 0.29) is 4.90 Å². The molecule has 2 aromatic heterocycles. The maximum Gasteiger partial charge on any atom is 0.207 e. The van der Waals surface area contributed by atoms with E-state index in [1.54, 1.807) is 45.8 Å². The van der Waals surface area contributed by atoms with Crippen molar-refractivity contribution >= 4 is 33.0 Å². The number of rotatable bonds is 5. The molecule has 5 aromatic rings. The summed E-state index contributed by atoms with van der Waals surface area (Å²) in [5.74, 6) is 0. The van der Waals surface area contributed by atoms with Gasteiger partial charge in [-0.2, -0.15) is 0 Å². The van der Waals surface area contributed by atoms with Gasteiger partial charge in [-0.1, -0.05) is 47.1 Å². The fraction of sp³-hybridized carbons (Fsp3) is 0.0800. The second-order valence-corrected chi connectivity index (χ2v) is 10.9. The molecule has 3 aromatic carbocycles. The van der Waals surface area contributed by atoms with Gasteiger partial charge in [0.2, 0.25) is 5.28 Å². The largest absolute Gasteiger partial charge is 0.288 e. The average molecular weight is 524 g/mol. The number of imidazole rings is 1. The Balaban J connectivity index is 1.74. The minimum Gasteiger partial charge on any atom is -0.288 e. The van der Waals surface area contributed by atoms with Gasteiger partial charge in [-0.15, -0.1) is 5.10 Å². The van der Waals surface area contributed by atoms with Crippen molar-refractivity contribution in [2.24, 2.45) is 0 Å². The fourth-order valence-electron chi connectivity index (χ4n) is 3.85. The van der Waals surface area contributed by atoms with Crippen molar-refractivity contribution in [2.45, 2.75) is 11.8 Å². The van der Waals surface area contributed by atoms with Crippen LogP contribution in [0.15, 0.2) is 84.0 Å². The summed E-state index contributed by atoms with van der Waals surface area (Å²) in [6.45, 7) is 1.86. The Kier molecular flexibility index (Phi) is 5.96. The first-order chi connectivity index (χ1) is 16.7. The first-order valence-electron chi connectivity index (χ1n) is 10.5. The topological polar surface area (TPSA) is 82.7 Å². The molecular weight excluding hydrogens is 505 g/mol. The molecule has 10 heteroatoms. The third kappa shape index (κ3) is 4.60. The van der Waals surface area contributed by atoms with E-state index in [1.165, 1.54) is 6.26 Å². The van der Waals surface area contributed by atoms with E-state index in [1.807, 2.05) is 49.5 Å². The van der Waals surface area contributed by atoms with Crippen LogP contribution in [0.25, 0.3) is 33.8 Å². The Hall–Kier alpha value is -3.46. The Morgan fingerprint density at radius 1 is 0.857 bits per heavy atom. The summed E-state index contributed by atoms with van der Waals surface area (Å²) in [5, 5.41) is 9.45. The lowest BCUT2D eigenvalue weighted by Gasteiger charge is -2.15. The predicted molar refractivity (Wildman–Crippen MR) is 137 cm³/mol. The highest BCUT2D eigenvalue weighted by Gasteiger charge is 2.18. The van der Waals surface area contributed by atoms with Crippen LogP contribution in [-0.4, -0.2) is 39.2 Å². The van der Waals surface area contributed by atoms with Crippen LogP contribution in [0.5, 0.6) is 0 Å². The monoisotopic (exact) mass is 523 g/mol. The average Bonchev–Trinajstić information content (AvgIpc) is 3.45. The summed E-state index contributed by atoms with van der Waals surface area (Å²) < 4.78 is 27.7. The van der Waals surface area contributed by atoms with Gasteiger partial charge >= 0.3 is 0 Å². The number of nitrogens with zero attached hydrogens (tertiary/aromatic N) is 5. The van der Waals surface area contributed by atoms with E-state index in [0.29, 0.717) is 16.0 Å². The molecule has 0 radical (unpaired) electrons. The Morgan fingerprint density at radius 3 is 2.26 bits per heavy atom. The summed E-state index contributed by atoms with van der Waals surface area (Å²) >= 11 is 12.5. The number of hydrogen-bond donors (Lipinski definition) is 0. The molecule has 35 heavy (non-hydrogen) atoms. The van der Waals surface area contributed by atoms with E-state index in [4.69, 9.17) is 23.2 Å². The first kappa shape index (κ1) is 23.3. The molecule has 0 spiro atoms. The first-order valence-corrected chi connectivity index (χ1v) is 13.2. The molecule has 0 aliphatic carbocycles. The molecular formula is C25H19Cl2N5O2S. The van der Waals surface area contributed by atoms with Crippen molar-refractivity contribution < 1.29 is 8.42 Å². The zero-order valence-electron chi connectivity index (χ0n) is 18.7. The molecule has 0 aliphatic heterocycles. The highest BCUT2D eigenvalue weighted by Crippen LogP contribution is 2.32. The smallest absolute Gasteiger partial charge is 0.207 e. The zero-order valence-corrected chi connectivity index (χ0v) is 21.1. The molecule has 0 saturated heterocycles. The van der Waals surface area contributed by atoms with Gasteiger partial charge in [0.25, 0.3) is 0 Å².